The topological polar surface area (TPSA) is 77.8 Å². The van der Waals surface area contributed by atoms with Gasteiger partial charge in [0.15, 0.2) is 5.69 Å². The highest BCUT2D eigenvalue weighted by atomic mass is 79.9. The molecule has 0 aliphatic carbocycles. The molecule has 0 spiro atoms. The van der Waals surface area contributed by atoms with Gasteiger partial charge in [-0.2, -0.15) is 0 Å². The molecule has 0 aliphatic rings. The molecule has 5 nitrogen and oxygen atoms in total. The Balaban J connectivity index is 1.63. The van der Waals surface area contributed by atoms with E-state index < -0.39 is 0 Å². The van der Waals surface area contributed by atoms with Gasteiger partial charge in [-0.15, -0.1) is 22.0 Å². The summed E-state index contributed by atoms with van der Waals surface area (Å²) in [5.74, 6) is 0.555. The highest BCUT2D eigenvalue weighted by molar-refractivity contribution is 9.10. The molecule has 2 N–H and O–H groups in total. The quantitative estimate of drug-likeness (QED) is 0.501. The van der Waals surface area contributed by atoms with E-state index in [2.05, 4.69) is 63.2 Å². The van der Waals surface area contributed by atoms with Crippen LogP contribution in [0.3, 0.4) is 0 Å². The number of fused-ring (bicyclic) bond motifs is 1. The summed E-state index contributed by atoms with van der Waals surface area (Å²) >= 11 is 4.88. The zero-order valence-electron chi connectivity index (χ0n) is 14.4. The number of aromatic amines is 1. The molecule has 2 aromatic carbocycles. The number of aromatic nitrogens is 1. The van der Waals surface area contributed by atoms with Crippen molar-refractivity contribution in [1.29, 1.82) is 0 Å². The fraction of sp³-hybridized carbons (Fsp3) is 0.211. The van der Waals surface area contributed by atoms with E-state index in [1.54, 1.807) is 0 Å². The summed E-state index contributed by atoms with van der Waals surface area (Å²) in [6.07, 6.45) is 0. The smallest absolute Gasteiger partial charge is 0.274 e. The van der Waals surface area contributed by atoms with Crippen molar-refractivity contribution >= 4 is 50.2 Å². The summed E-state index contributed by atoms with van der Waals surface area (Å²) in [5.41, 5.74) is 4.63. The van der Waals surface area contributed by atoms with Crippen LogP contribution in [0, 0.1) is 13.8 Å². The Morgan fingerprint density at radius 3 is 2.65 bits per heavy atom. The number of aromatic hydroxyl groups is 1. The van der Waals surface area contributed by atoms with Crippen molar-refractivity contribution in [1.82, 2.24) is 4.98 Å². The van der Waals surface area contributed by atoms with Gasteiger partial charge in [-0.05, 0) is 37.6 Å². The van der Waals surface area contributed by atoms with Crippen LogP contribution in [0.2, 0.25) is 0 Å². The SMILES string of the molecule is Cc1cc(C)cc(CSCC(=O)N=Nc2c(O)[nH]c3ccc(Br)cc23)c1. The summed E-state index contributed by atoms with van der Waals surface area (Å²) < 4.78 is 0.857. The standard InChI is InChI=1S/C19H18BrN3O2S/c1-11-5-12(2)7-13(6-11)9-26-10-17(24)22-23-18-15-8-14(20)3-4-16(15)21-19(18)25/h3-8,21,25H,9-10H2,1-2H3. The lowest BCUT2D eigenvalue weighted by atomic mass is 10.1. The van der Waals surface area contributed by atoms with Crippen LogP contribution in [0.25, 0.3) is 10.9 Å². The van der Waals surface area contributed by atoms with Crippen LogP contribution in [0.4, 0.5) is 5.69 Å². The molecule has 0 fully saturated rings. The first-order valence-electron chi connectivity index (χ1n) is 8.02. The van der Waals surface area contributed by atoms with E-state index in [1.165, 1.54) is 28.5 Å². The van der Waals surface area contributed by atoms with Crippen molar-refractivity contribution in [3.05, 3.63) is 57.6 Å². The molecule has 1 heterocycles. The van der Waals surface area contributed by atoms with Crippen molar-refractivity contribution in [3.63, 3.8) is 0 Å². The average Bonchev–Trinajstić information content (AvgIpc) is 2.87. The largest absolute Gasteiger partial charge is 0.493 e. The second-order valence-electron chi connectivity index (χ2n) is 6.09. The summed E-state index contributed by atoms with van der Waals surface area (Å²) in [4.78, 5) is 14.8. The minimum absolute atomic E-state index is 0.0995. The van der Waals surface area contributed by atoms with Gasteiger partial charge >= 0.3 is 0 Å². The van der Waals surface area contributed by atoms with E-state index in [4.69, 9.17) is 0 Å². The molecular weight excluding hydrogens is 414 g/mol. The molecule has 3 rings (SSSR count). The van der Waals surface area contributed by atoms with Crippen LogP contribution >= 0.6 is 27.7 Å². The molecule has 1 aromatic heterocycles. The van der Waals surface area contributed by atoms with E-state index in [9.17, 15) is 9.90 Å². The van der Waals surface area contributed by atoms with Crippen molar-refractivity contribution < 1.29 is 9.90 Å². The number of aryl methyl sites for hydroxylation is 2. The number of thioether (sulfide) groups is 1. The Morgan fingerprint density at radius 1 is 1.19 bits per heavy atom. The number of rotatable bonds is 5. The Bertz CT molecular complexity index is 978. The Hall–Kier alpha value is -2.12. The first-order valence-corrected chi connectivity index (χ1v) is 9.97. The Labute approximate surface area is 164 Å². The van der Waals surface area contributed by atoms with Crippen molar-refractivity contribution in [2.75, 3.05) is 5.75 Å². The number of nitrogens with one attached hydrogen (secondary N) is 1. The summed E-state index contributed by atoms with van der Waals surface area (Å²) in [5, 5.41) is 18.4. The molecule has 26 heavy (non-hydrogen) atoms. The molecule has 0 radical (unpaired) electrons. The zero-order valence-corrected chi connectivity index (χ0v) is 16.8. The fourth-order valence-corrected chi connectivity index (χ4v) is 3.88. The van der Waals surface area contributed by atoms with Gasteiger partial charge in [-0.3, -0.25) is 4.79 Å². The minimum atomic E-state index is -0.330. The molecule has 0 saturated carbocycles. The highest BCUT2D eigenvalue weighted by Crippen LogP contribution is 2.36. The molecular formula is C19H18BrN3O2S. The van der Waals surface area contributed by atoms with Gasteiger partial charge < -0.3 is 10.1 Å². The summed E-state index contributed by atoms with van der Waals surface area (Å²) in [6.45, 7) is 4.12. The Kier molecular flexibility index (Phi) is 5.78. The average molecular weight is 432 g/mol. The van der Waals surface area contributed by atoms with E-state index in [0.29, 0.717) is 5.39 Å². The molecule has 0 bridgehead atoms. The maximum Gasteiger partial charge on any atom is 0.274 e. The van der Waals surface area contributed by atoms with Crippen LogP contribution in [0.15, 0.2) is 51.1 Å². The second kappa shape index (κ2) is 8.05. The predicted molar refractivity (Wildman–Crippen MR) is 109 cm³/mol. The minimum Gasteiger partial charge on any atom is -0.493 e. The number of nitrogens with zero attached hydrogens (tertiary/aromatic N) is 2. The number of amides is 1. The van der Waals surface area contributed by atoms with Gasteiger partial charge in [-0.1, -0.05) is 45.3 Å². The first kappa shape index (κ1) is 18.7. The van der Waals surface area contributed by atoms with E-state index in [0.717, 1.165) is 15.7 Å². The number of benzene rings is 2. The molecule has 134 valence electrons. The number of azo groups is 1. The van der Waals surface area contributed by atoms with Crippen molar-refractivity contribution in [2.45, 2.75) is 19.6 Å². The van der Waals surface area contributed by atoms with E-state index in [1.807, 2.05) is 18.2 Å². The van der Waals surface area contributed by atoms with Gasteiger partial charge in [0.2, 0.25) is 5.88 Å². The number of halogens is 1. The van der Waals surface area contributed by atoms with Gasteiger partial charge in [0.1, 0.15) is 0 Å². The lowest BCUT2D eigenvalue weighted by molar-refractivity contribution is -0.115. The second-order valence-corrected chi connectivity index (χ2v) is 8.00. The molecule has 0 unspecified atom stereocenters. The predicted octanol–water partition coefficient (Wildman–Crippen LogP) is 5.80. The number of carbonyl (C=O) groups is 1. The van der Waals surface area contributed by atoms with Crippen molar-refractivity contribution in [2.24, 2.45) is 10.2 Å². The van der Waals surface area contributed by atoms with E-state index >= 15 is 0 Å². The van der Waals surface area contributed by atoms with Gasteiger partial charge in [0.05, 0.1) is 11.3 Å². The van der Waals surface area contributed by atoms with Crippen molar-refractivity contribution in [3.8, 4) is 5.88 Å². The van der Waals surface area contributed by atoms with Gasteiger partial charge in [0.25, 0.3) is 5.91 Å². The maximum absolute atomic E-state index is 12.0. The third kappa shape index (κ3) is 4.53. The molecule has 0 saturated heterocycles. The number of hydrogen-bond acceptors (Lipinski definition) is 4. The molecule has 1 amide bonds. The molecule has 0 atom stereocenters. The number of carbonyl (C=O) groups excluding carboxylic acids is 1. The number of H-pyrrole nitrogens is 1. The molecule has 3 aromatic rings. The summed E-state index contributed by atoms with van der Waals surface area (Å²) in [7, 11) is 0. The van der Waals surface area contributed by atoms with Gasteiger partial charge in [-0.25, -0.2) is 0 Å². The Morgan fingerprint density at radius 2 is 1.92 bits per heavy atom. The van der Waals surface area contributed by atoms with Gasteiger partial charge in [0, 0.05) is 15.6 Å². The summed E-state index contributed by atoms with van der Waals surface area (Å²) in [6, 6.07) is 11.9. The monoisotopic (exact) mass is 431 g/mol. The van der Waals surface area contributed by atoms with Crippen LogP contribution in [-0.2, 0) is 10.5 Å². The third-order valence-corrected chi connectivity index (χ3v) is 5.23. The highest BCUT2D eigenvalue weighted by Gasteiger charge is 2.11. The van der Waals surface area contributed by atoms with E-state index in [-0.39, 0.29) is 23.2 Å². The third-order valence-electron chi connectivity index (χ3n) is 3.75. The maximum atomic E-state index is 12.0. The number of hydrogen-bond donors (Lipinski definition) is 2. The lowest BCUT2D eigenvalue weighted by Crippen LogP contribution is -1.96. The van der Waals surface area contributed by atoms with Crippen LogP contribution in [-0.4, -0.2) is 21.8 Å². The zero-order chi connectivity index (χ0) is 18.7. The first-order chi connectivity index (χ1) is 12.4. The lowest BCUT2D eigenvalue weighted by Gasteiger charge is -2.03. The molecule has 7 heteroatoms. The fourth-order valence-electron chi connectivity index (χ4n) is 2.78. The molecule has 0 aliphatic heterocycles. The van der Waals surface area contributed by atoms with Crippen LogP contribution < -0.4 is 0 Å². The normalized spacial score (nSPS) is 11.5. The van der Waals surface area contributed by atoms with Crippen LogP contribution in [0.5, 0.6) is 5.88 Å². The van der Waals surface area contributed by atoms with Crippen LogP contribution in [0.1, 0.15) is 16.7 Å².